The molecule has 4 rings (SSSR count). The summed E-state index contributed by atoms with van der Waals surface area (Å²) >= 11 is 0. The number of hydrogen-bond donors (Lipinski definition) is 1. The van der Waals surface area contributed by atoms with Gasteiger partial charge in [0.05, 0.1) is 18.8 Å². The van der Waals surface area contributed by atoms with E-state index in [-0.39, 0.29) is 5.91 Å². The molecule has 1 aromatic carbocycles. The van der Waals surface area contributed by atoms with Crippen LogP contribution in [0.15, 0.2) is 30.6 Å². The van der Waals surface area contributed by atoms with Gasteiger partial charge in [0, 0.05) is 44.0 Å². The standard InChI is InChI=1S/C20H24N4O3/c1-14-3-4-17(15(2)11-14)23-19-21-12-16(13-22-19)18(25)24-7-5-20(6-8-24)26-9-10-27-20/h3-4,11-13H,5-10H2,1-2H3,(H,21,22,23). The highest BCUT2D eigenvalue weighted by Gasteiger charge is 2.40. The number of nitrogens with one attached hydrogen (secondary N) is 1. The summed E-state index contributed by atoms with van der Waals surface area (Å²) < 4.78 is 11.4. The lowest BCUT2D eigenvalue weighted by Gasteiger charge is -2.37. The molecule has 2 aliphatic rings. The Kier molecular flexibility index (Phi) is 4.80. The quantitative estimate of drug-likeness (QED) is 0.898. The first kappa shape index (κ1) is 17.9. The lowest BCUT2D eigenvalue weighted by atomic mass is 10.0. The number of anilines is 2. The molecule has 142 valence electrons. The number of aromatic nitrogens is 2. The van der Waals surface area contributed by atoms with E-state index in [1.54, 1.807) is 12.4 Å². The highest BCUT2D eigenvalue weighted by atomic mass is 16.7. The number of amides is 1. The predicted octanol–water partition coefficient (Wildman–Crippen LogP) is 2.82. The minimum absolute atomic E-state index is 0.0547. The molecular weight excluding hydrogens is 344 g/mol. The largest absolute Gasteiger partial charge is 0.347 e. The van der Waals surface area contributed by atoms with Crippen LogP contribution in [-0.4, -0.2) is 52.9 Å². The average Bonchev–Trinajstić information content (AvgIpc) is 3.13. The van der Waals surface area contributed by atoms with Crippen molar-refractivity contribution in [3.8, 4) is 0 Å². The van der Waals surface area contributed by atoms with Crippen LogP contribution < -0.4 is 5.32 Å². The first-order chi connectivity index (χ1) is 13.0. The number of carbonyl (C=O) groups is 1. The first-order valence-electron chi connectivity index (χ1n) is 9.28. The van der Waals surface area contributed by atoms with Crippen LogP contribution in [0, 0.1) is 13.8 Å². The number of likely N-dealkylation sites (tertiary alicyclic amines) is 1. The zero-order valence-electron chi connectivity index (χ0n) is 15.7. The highest BCUT2D eigenvalue weighted by molar-refractivity contribution is 5.93. The molecule has 1 aromatic heterocycles. The van der Waals surface area contributed by atoms with Crippen molar-refractivity contribution in [3.05, 3.63) is 47.3 Å². The second-order valence-electron chi connectivity index (χ2n) is 7.14. The molecular formula is C20H24N4O3. The Bertz CT molecular complexity index is 822. The molecule has 3 heterocycles. The van der Waals surface area contributed by atoms with E-state index in [4.69, 9.17) is 9.47 Å². The molecule has 0 aliphatic carbocycles. The summed E-state index contributed by atoms with van der Waals surface area (Å²) in [4.78, 5) is 23.1. The number of benzene rings is 1. The minimum atomic E-state index is -0.479. The van der Waals surface area contributed by atoms with Gasteiger partial charge in [-0.05, 0) is 25.5 Å². The molecule has 2 saturated heterocycles. The van der Waals surface area contributed by atoms with Crippen molar-refractivity contribution in [2.45, 2.75) is 32.5 Å². The van der Waals surface area contributed by atoms with Crippen molar-refractivity contribution in [2.75, 3.05) is 31.6 Å². The lowest BCUT2D eigenvalue weighted by Crippen LogP contribution is -2.47. The smallest absolute Gasteiger partial charge is 0.256 e. The van der Waals surface area contributed by atoms with Gasteiger partial charge in [0.25, 0.3) is 5.91 Å². The van der Waals surface area contributed by atoms with Crippen molar-refractivity contribution < 1.29 is 14.3 Å². The summed E-state index contributed by atoms with van der Waals surface area (Å²) in [6.45, 7) is 6.59. The maximum atomic E-state index is 12.7. The van der Waals surface area contributed by atoms with Crippen molar-refractivity contribution in [1.82, 2.24) is 14.9 Å². The van der Waals surface area contributed by atoms with Crippen molar-refractivity contribution >= 4 is 17.5 Å². The third-order valence-electron chi connectivity index (χ3n) is 5.15. The number of aryl methyl sites for hydroxylation is 2. The van der Waals surface area contributed by atoms with Gasteiger partial charge in [0.1, 0.15) is 0 Å². The van der Waals surface area contributed by atoms with Gasteiger partial charge in [0.15, 0.2) is 5.79 Å². The van der Waals surface area contributed by atoms with E-state index >= 15 is 0 Å². The van der Waals surface area contributed by atoms with E-state index in [0.717, 1.165) is 11.3 Å². The molecule has 1 N–H and O–H groups in total. The third-order valence-corrected chi connectivity index (χ3v) is 5.15. The topological polar surface area (TPSA) is 76.6 Å². The molecule has 0 atom stereocenters. The van der Waals surface area contributed by atoms with Crippen molar-refractivity contribution in [1.29, 1.82) is 0 Å². The maximum absolute atomic E-state index is 12.7. The number of ether oxygens (including phenoxy) is 2. The number of rotatable bonds is 3. The second kappa shape index (κ2) is 7.25. The maximum Gasteiger partial charge on any atom is 0.256 e. The summed E-state index contributed by atoms with van der Waals surface area (Å²) in [6.07, 6.45) is 4.56. The lowest BCUT2D eigenvalue weighted by molar-refractivity contribution is -0.181. The Morgan fingerprint density at radius 1 is 1.11 bits per heavy atom. The van der Waals surface area contributed by atoms with Gasteiger partial charge >= 0.3 is 0 Å². The second-order valence-corrected chi connectivity index (χ2v) is 7.14. The first-order valence-corrected chi connectivity index (χ1v) is 9.28. The van der Waals surface area contributed by atoms with Crippen LogP contribution in [0.4, 0.5) is 11.6 Å². The van der Waals surface area contributed by atoms with E-state index in [1.807, 2.05) is 24.0 Å². The van der Waals surface area contributed by atoms with Gasteiger partial charge in [-0.3, -0.25) is 4.79 Å². The fourth-order valence-electron chi connectivity index (χ4n) is 3.60. The van der Waals surface area contributed by atoms with Gasteiger partial charge in [-0.2, -0.15) is 0 Å². The van der Waals surface area contributed by atoms with Crippen LogP contribution in [0.3, 0.4) is 0 Å². The molecule has 0 radical (unpaired) electrons. The van der Waals surface area contributed by atoms with Crippen LogP contribution in [0.2, 0.25) is 0 Å². The van der Waals surface area contributed by atoms with E-state index in [2.05, 4.69) is 28.3 Å². The summed E-state index contributed by atoms with van der Waals surface area (Å²) in [6, 6.07) is 6.14. The average molecular weight is 368 g/mol. The normalized spacial score (nSPS) is 18.7. The molecule has 27 heavy (non-hydrogen) atoms. The van der Waals surface area contributed by atoms with E-state index in [1.165, 1.54) is 5.56 Å². The number of piperidine rings is 1. The monoisotopic (exact) mass is 368 g/mol. The summed E-state index contributed by atoms with van der Waals surface area (Å²) in [5.41, 5.74) is 3.77. The molecule has 1 amide bonds. The van der Waals surface area contributed by atoms with Crippen molar-refractivity contribution in [3.63, 3.8) is 0 Å². The van der Waals surface area contributed by atoms with E-state index in [0.29, 0.717) is 50.7 Å². The molecule has 2 aromatic rings. The molecule has 2 fully saturated rings. The van der Waals surface area contributed by atoms with Crippen LogP contribution in [-0.2, 0) is 9.47 Å². The van der Waals surface area contributed by atoms with Gasteiger partial charge < -0.3 is 19.7 Å². The molecule has 0 bridgehead atoms. The van der Waals surface area contributed by atoms with Crippen molar-refractivity contribution in [2.24, 2.45) is 0 Å². The molecule has 7 nitrogen and oxygen atoms in total. The number of carbonyl (C=O) groups excluding carboxylic acids is 1. The summed E-state index contributed by atoms with van der Waals surface area (Å²) in [5, 5.41) is 3.20. The molecule has 0 saturated carbocycles. The fraction of sp³-hybridized carbons (Fsp3) is 0.450. The van der Waals surface area contributed by atoms with E-state index < -0.39 is 5.79 Å². The summed E-state index contributed by atoms with van der Waals surface area (Å²) in [7, 11) is 0. The number of nitrogens with zero attached hydrogens (tertiary/aromatic N) is 3. The molecule has 0 unspecified atom stereocenters. The van der Waals surface area contributed by atoms with Gasteiger partial charge in [0.2, 0.25) is 5.95 Å². The zero-order chi connectivity index (χ0) is 18.9. The molecule has 2 aliphatic heterocycles. The Morgan fingerprint density at radius 2 is 1.78 bits per heavy atom. The SMILES string of the molecule is Cc1ccc(Nc2ncc(C(=O)N3CCC4(CC3)OCCO4)cn2)c(C)c1. The Morgan fingerprint density at radius 3 is 2.41 bits per heavy atom. The summed E-state index contributed by atoms with van der Waals surface area (Å²) in [5.74, 6) is -0.0581. The Balaban J connectivity index is 1.39. The van der Waals surface area contributed by atoms with Crippen LogP contribution in [0.5, 0.6) is 0 Å². The Hall–Kier alpha value is -2.51. The van der Waals surface area contributed by atoms with Gasteiger partial charge in [-0.1, -0.05) is 17.7 Å². The fourth-order valence-corrected chi connectivity index (χ4v) is 3.60. The van der Waals surface area contributed by atoms with E-state index in [9.17, 15) is 4.79 Å². The Labute approximate surface area is 158 Å². The molecule has 1 spiro atoms. The van der Waals surface area contributed by atoms with Gasteiger partial charge in [-0.25, -0.2) is 9.97 Å². The minimum Gasteiger partial charge on any atom is -0.347 e. The zero-order valence-corrected chi connectivity index (χ0v) is 15.7. The van der Waals surface area contributed by atoms with Crippen LogP contribution >= 0.6 is 0 Å². The number of hydrogen-bond acceptors (Lipinski definition) is 6. The third kappa shape index (κ3) is 3.79. The highest BCUT2D eigenvalue weighted by Crippen LogP contribution is 2.31. The van der Waals surface area contributed by atoms with Gasteiger partial charge in [-0.15, -0.1) is 0 Å². The van der Waals surface area contributed by atoms with Crippen LogP contribution in [0.1, 0.15) is 34.3 Å². The predicted molar refractivity (Wildman–Crippen MR) is 101 cm³/mol. The molecule has 7 heteroatoms. The van der Waals surface area contributed by atoms with Crippen LogP contribution in [0.25, 0.3) is 0 Å².